The summed E-state index contributed by atoms with van der Waals surface area (Å²) in [6.07, 6.45) is 0. The zero-order valence-electron chi connectivity index (χ0n) is 16.1. The van der Waals surface area contributed by atoms with E-state index in [0.29, 0.717) is 5.56 Å². The summed E-state index contributed by atoms with van der Waals surface area (Å²) in [4.78, 5) is 12.0. The lowest BCUT2D eigenvalue weighted by Gasteiger charge is -2.08. The number of fused-ring (bicyclic) bond motifs is 1. The number of halogens is 1. The Morgan fingerprint density at radius 3 is 2.45 bits per heavy atom. The van der Waals surface area contributed by atoms with Crippen molar-refractivity contribution in [2.24, 2.45) is 7.05 Å². The van der Waals surface area contributed by atoms with E-state index < -0.39 is 0 Å². The normalized spacial score (nSPS) is 10.4. The first-order valence-electron chi connectivity index (χ1n) is 9.13. The van der Waals surface area contributed by atoms with Crippen LogP contribution < -0.4 is 0 Å². The molecule has 142 valence electrons. The van der Waals surface area contributed by atoms with Crippen molar-refractivity contribution < 1.29 is 9.53 Å². The Balaban J connectivity index is 1.88. The van der Waals surface area contributed by atoms with Gasteiger partial charge >= 0.3 is 5.97 Å². The van der Waals surface area contributed by atoms with Gasteiger partial charge in [-0.3, -0.25) is 0 Å². The zero-order chi connectivity index (χ0) is 20.4. The van der Waals surface area contributed by atoms with Crippen molar-refractivity contribution in [1.82, 2.24) is 4.57 Å². The quantitative estimate of drug-likeness (QED) is 0.207. The van der Waals surface area contributed by atoms with Gasteiger partial charge in [0.1, 0.15) is 0 Å². The molecule has 0 saturated carbocycles. The Morgan fingerprint density at radius 1 is 0.966 bits per heavy atom. The number of aryl methyl sites for hydroxylation is 1. The lowest BCUT2D eigenvalue weighted by atomic mass is 10.0. The highest BCUT2D eigenvalue weighted by atomic mass is 127. The molecule has 0 radical (unpaired) electrons. The van der Waals surface area contributed by atoms with E-state index in [9.17, 15) is 4.79 Å². The van der Waals surface area contributed by atoms with Crippen LogP contribution in [0.5, 0.6) is 0 Å². The standard InChI is InChI=1S/C25H18INO2/c1-27-22-15-14-19(25(28)29-2)16-21(22)23(26)24(27)20-11-7-6-10-18(20)13-12-17-8-4-3-5-9-17/h3-11,14-16H,1-2H3. The smallest absolute Gasteiger partial charge is 0.337 e. The predicted octanol–water partition coefficient (Wildman–Crippen LogP) is 5.64. The third-order valence-corrected chi connectivity index (χ3v) is 5.95. The summed E-state index contributed by atoms with van der Waals surface area (Å²) < 4.78 is 8.11. The van der Waals surface area contributed by atoms with E-state index >= 15 is 0 Å². The highest BCUT2D eigenvalue weighted by Gasteiger charge is 2.18. The predicted molar refractivity (Wildman–Crippen MR) is 125 cm³/mol. The van der Waals surface area contributed by atoms with Crippen LogP contribution in [-0.4, -0.2) is 17.6 Å². The topological polar surface area (TPSA) is 31.2 Å². The van der Waals surface area contributed by atoms with Gasteiger partial charge in [0.25, 0.3) is 0 Å². The van der Waals surface area contributed by atoms with Gasteiger partial charge in [0, 0.05) is 38.2 Å². The summed E-state index contributed by atoms with van der Waals surface area (Å²) in [6, 6.07) is 23.8. The second-order valence-electron chi connectivity index (χ2n) is 6.61. The van der Waals surface area contributed by atoms with Crippen LogP contribution in [0, 0.1) is 15.4 Å². The Morgan fingerprint density at radius 2 is 1.69 bits per heavy atom. The number of nitrogens with zero attached hydrogens (tertiary/aromatic N) is 1. The van der Waals surface area contributed by atoms with Crippen molar-refractivity contribution in [2.75, 3.05) is 7.11 Å². The van der Waals surface area contributed by atoms with Gasteiger partial charge in [0.2, 0.25) is 0 Å². The summed E-state index contributed by atoms with van der Waals surface area (Å²) in [5.41, 5.74) is 5.71. The van der Waals surface area contributed by atoms with Crippen LogP contribution in [0.15, 0.2) is 72.8 Å². The van der Waals surface area contributed by atoms with Crippen LogP contribution in [0.25, 0.3) is 22.2 Å². The van der Waals surface area contributed by atoms with Crippen LogP contribution >= 0.6 is 22.6 Å². The second kappa shape index (κ2) is 8.14. The van der Waals surface area contributed by atoms with E-state index in [2.05, 4.69) is 45.1 Å². The molecule has 0 unspecified atom stereocenters. The first-order valence-corrected chi connectivity index (χ1v) is 10.2. The Bertz CT molecular complexity index is 1280. The Kier molecular flexibility index (Phi) is 5.41. The van der Waals surface area contributed by atoms with Crippen LogP contribution in [-0.2, 0) is 11.8 Å². The number of carbonyl (C=O) groups is 1. The van der Waals surface area contributed by atoms with Crippen molar-refractivity contribution in [3.05, 3.63) is 93.1 Å². The highest BCUT2D eigenvalue weighted by Crippen LogP contribution is 2.36. The molecule has 0 N–H and O–H groups in total. The van der Waals surface area contributed by atoms with Crippen LogP contribution in [0.4, 0.5) is 0 Å². The third kappa shape index (κ3) is 3.66. The van der Waals surface area contributed by atoms with Gasteiger partial charge in [-0.15, -0.1) is 0 Å². The van der Waals surface area contributed by atoms with Crippen molar-refractivity contribution in [1.29, 1.82) is 0 Å². The van der Waals surface area contributed by atoms with E-state index in [0.717, 1.165) is 36.9 Å². The van der Waals surface area contributed by atoms with Crippen LogP contribution in [0.3, 0.4) is 0 Å². The van der Waals surface area contributed by atoms with E-state index in [-0.39, 0.29) is 5.97 Å². The number of carbonyl (C=O) groups excluding carboxylic acids is 1. The average molecular weight is 491 g/mol. The summed E-state index contributed by atoms with van der Waals surface area (Å²) >= 11 is 2.35. The number of methoxy groups -OCH3 is 1. The maximum atomic E-state index is 12.0. The number of esters is 1. The Hall–Kier alpha value is -3.04. The van der Waals surface area contributed by atoms with Crippen LogP contribution in [0.1, 0.15) is 21.5 Å². The number of ether oxygens (including phenoxy) is 1. The molecule has 29 heavy (non-hydrogen) atoms. The van der Waals surface area contributed by atoms with Crippen molar-refractivity contribution in [3.63, 3.8) is 0 Å². The molecule has 4 heteroatoms. The zero-order valence-corrected chi connectivity index (χ0v) is 18.2. The van der Waals surface area contributed by atoms with Gasteiger partial charge < -0.3 is 9.30 Å². The third-order valence-electron chi connectivity index (χ3n) is 4.86. The number of hydrogen-bond acceptors (Lipinski definition) is 2. The summed E-state index contributed by atoms with van der Waals surface area (Å²) in [5.74, 6) is 6.25. The fourth-order valence-electron chi connectivity index (χ4n) is 3.40. The molecule has 0 aliphatic rings. The van der Waals surface area contributed by atoms with Crippen molar-refractivity contribution in [2.45, 2.75) is 0 Å². The minimum absolute atomic E-state index is 0.331. The number of rotatable bonds is 2. The van der Waals surface area contributed by atoms with Gasteiger partial charge in [0.15, 0.2) is 0 Å². The molecular formula is C25H18INO2. The minimum atomic E-state index is -0.331. The number of aromatic nitrogens is 1. The number of hydrogen-bond donors (Lipinski definition) is 0. The van der Waals surface area contributed by atoms with Gasteiger partial charge in [-0.2, -0.15) is 0 Å². The molecule has 4 rings (SSSR count). The summed E-state index contributed by atoms with van der Waals surface area (Å²) in [5, 5.41) is 1.02. The van der Waals surface area contributed by atoms with Gasteiger partial charge in [-0.05, 0) is 59.0 Å². The first-order chi connectivity index (χ1) is 14.1. The monoisotopic (exact) mass is 491 g/mol. The molecule has 1 aromatic heterocycles. The summed E-state index contributed by atoms with van der Waals surface area (Å²) in [6.45, 7) is 0. The molecule has 0 fully saturated rings. The molecule has 4 aromatic rings. The molecule has 0 amide bonds. The van der Waals surface area contributed by atoms with E-state index in [4.69, 9.17) is 4.74 Å². The average Bonchev–Trinajstić information content (AvgIpc) is 3.02. The fourth-order valence-corrected chi connectivity index (χ4v) is 4.49. The van der Waals surface area contributed by atoms with Gasteiger partial charge in [-0.25, -0.2) is 4.79 Å². The SMILES string of the molecule is COC(=O)c1ccc2c(c1)c(I)c(-c1ccccc1C#Cc1ccccc1)n2C. The lowest BCUT2D eigenvalue weighted by molar-refractivity contribution is 0.0601. The molecule has 0 spiro atoms. The second-order valence-corrected chi connectivity index (χ2v) is 7.69. The maximum absolute atomic E-state index is 12.0. The largest absolute Gasteiger partial charge is 0.465 e. The van der Waals surface area contributed by atoms with Gasteiger partial charge in [-0.1, -0.05) is 48.2 Å². The van der Waals surface area contributed by atoms with Crippen molar-refractivity contribution >= 4 is 39.5 Å². The molecule has 3 aromatic carbocycles. The highest BCUT2D eigenvalue weighted by molar-refractivity contribution is 14.1. The van der Waals surface area contributed by atoms with Gasteiger partial charge in [0.05, 0.1) is 18.4 Å². The van der Waals surface area contributed by atoms with E-state index in [1.807, 2.05) is 67.7 Å². The number of benzene rings is 3. The van der Waals surface area contributed by atoms with E-state index in [1.165, 1.54) is 7.11 Å². The first kappa shape index (κ1) is 19.3. The maximum Gasteiger partial charge on any atom is 0.337 e. The van der Waals surface area contributed by atoms with Crippen LogP contribution in [0.2, 0.25) is 0 Å². The molecule has 3 nitrogen and oxygen atoms in total. The lowest BCUT2D eigenvalue weighted by Crippen LogP contribution is -2.00. The molecule has 0 bridgehead atoms. The van der Waals surface area contributed by atoms with E-state index in [1.54, 1.807) is 6.07 Å². The molecule has 0 atom stereocenters. The minimum Gasteiger partial charge on any atom is -0.465 e. The molecule has 1 heterocycles. The molecular weight excluding hydrogens is 473 g/mol. The Labute approximate surface area is 183 Å². The molecule has 0 saturated heterocycles. The molecule has 0 aliphatic carbocycles. The molecule has 0 aliphatic heterocycles. The summed E-state index contributed by atoms with van der Waals surface area (Å²) in [7, 11) is 3.44. The van der Waals surface area contributed by atoms with Crippen molar-refractivity contribution in [3.8, 4) is 23.1 Å². The fraction of sp³-hybridized carbons (Fsp3) is 0.0800.